The second-order valence-corrected chi connectivity index (χ2v) is 7.90. The Morgan fingerprint density at radius 2 is 0.870 bits per heavy atom. The average molecular weight is 312 g/mol. The van der Waals surface area contributed by atoms with Gasteiger partial charge in [-0.05, 0) is 49.9 Å². The van der Waals surface area contributed by atoms with Gasteiger partial charge in [0.2, 0.25) is 0 Å². The van der Waals surface area contributed by atoms with Gasteiger partial charge in [0.05, 0.1) is 11.2 Å². The minimum absolute atomic E-state index is 0.220. The summed E-state index contributed by atoms with van der Waals surface area (Å²) >= 11 is 0. The van der Waals surface area contributed by atoms with Crippen molar-refractivity contribution in [2.75, 3.05) is 0 Å². The molecule has 0 aliphatic rings. The van der Waals surface area contributed by atoms with Crippen LogP contribution in [0.2, 0.25) is 0 Å². The SMILES string of the molecule is CC(C)(O)c1cccc(C(C)(C)c2cccc(C(C)(C)O)c2)c1. The summed E-state index contributed by atoms with van der Waals surface area (Å²) in [5, 5.41) is 20.5. The maximum Gasteiger partial charge on any atom is 0.0840 e. The molecule has 0 unspecified atom stereocenters. The van der Waals surface area contributed by atoms with Crippen LogP contribution in [-0.2, 0) is 16.6 Å². The molecule has 2 heteroatoms. The number of benzene rings is 2. The lowest BCUT2D eigenvalue weighted by atomic mass is 9.76. The molecular formula is C21H28O2. The molecule has 0 heterocycles. The van der Waals surface area contributed by atoms with Gasteiger partial charge in [-0.1, -0.05) is 62.4 Å². The summed E-state index contributed by atoms with van der Waals surface area (Å²) in [6.45, 7) is 11.5. The van der Waals surface area contributed by atoms with Gasteiger partial charge >= 0.3 is 0 Å². The maximum absolute atomic E-state index is 10.3. The molecule has 0 amide bonds. The Labute approximate surface area is 139 Å². The molecule has 0 aliphatic heterocycles. The van der Waals surface area contributed by atoms with Crippen LogP contribution in [0, 0.1) is 0 Å². The Balaban J connectivity index is 2.51. The molecule has 0 aliphatic carbocycles. The molecule has 0 spiro atoms. The first-order chi connectivity index (χ1) is 10.4. The van der Waals surface area contributed by atoms with Crippen molar-refractivity contribution in [3.05, 3.63) is 70.8 Å². The van der Waals surface area contributed by atoms with Crippen molar-refractivity contribution in [2.24, 2.45) is 0 Å². The first-order valence-corrected chi connectivity index (χ1v) is 8.09. The molecule has 0 saturated heterocycles. The van der Waals surface area contributed by atoms with Crippen molar-refractivity contribution >= 4 is 0 Å². The van der Waals surface area contributed by atoms with E-state index in [1.165, 1.54) is 0 Å². The molecule has 23 heavy (non-hydrogen) atoms. The van der Waals surface area contributed by atoms with Crippen LogP contribution in [0.5, 0.6) is 0 Å². The van der Waals surface area contributed by atoms with E-state index >= 15 is 0 Å². The molecule has 0 fully saturated rings. The number of hydrogen-bond acceptors (Lipinski definition) is 2. The van der Waals surface area contributed by atoms with E-state index in [0.717, 1.165) is 22.3 Å². The molecule has 0 aromatic heterocycles. The highest BCUT2D eigenvalue weighted by atomic mass is 16.3. The number of hydrogen-bond donors (Lipinski definition) is 2. The zero-order valence-corrected chi connectivity index (χ0v) is 15.0. The van der Waals surface area contributed by atoms with Crippen molar-refractivity contribution in [2.45, 2.75) is 58.2 Å². The van der Waals surface area contributed by atoms with Gasteiger partial charge in [-0.15, -0.1) is 0 Å². The standard InChI is InChI=1S/C21H28O2/c1-19(2,15-9-7-11-17(13-15)20(3,4)22)16-10-8-12-18(14-16)21(5,6)23/h7-14,22-23H,1-6H3. The van der Waals surface area contributed by atoms with Crippen LogP contribution in [-0.4, -0.2) is 10.2 Å². The van der Waals surface area contributed by atoms with E-state index in [0.29, 0.717) is 0 Å². The van der Waals surface area contributed by atoms with Crippen molar-refractivity contribution in [1.29, 1.82) is 0 Å². The third-order valence-electron chi connectivity index (χ3n) is 4.58. The lowest BCUT2D eigenvalue weighted by Gasteiger charge is -2.30. The summed E-state index contributed by atoms with van der Waals surface area (Å²) in [6.07, 6.45) is 0. The predicted molar refractivity (Wildman–Crippen MR) is 95.5 cm³/mol. The first kappa shape index (κ1) is 17.7. The smallest absolute Gasteiger partial charge is 0.0840 e. The zero-order valence-electron chi connectivity index (χ0n) is 15.0. The molecule has 0 saturated carbocycles. The lowest BCUT2D eigenvalue weighted by molar-refractivity contribution is 0.0781. The molecule has 2 aromatic rings. The van der Waals surface area contributed by atoms with Gasteiger partial charge in [0, 0.05) is 5.41 Å². The Kier molecular flexibility index (Phi) is 4.44. The second-order valence-electron chi connectivity index (χ2n) is 7.90. The third kappa shape index (κ3) is 3.82. The van der Waals surface area contributed by atoms with Crippen LogP contribution in [0.3, 0.4) is 0 Å². The minimum Gasteiger partial charge on any atom is -0.386 e. The maximum atomic E-state index is 10.3. The lowest BCUT2D eigenvalue weighted by Crippen LogP contribution is -2.23. The van der Waals surface area contributed by atoms with Gasteiger partial charge in [-0.3, -0.25) is 0 Å². The Hall–Kier alpha value is -1.64. The highest BCUT2D eigenvalue weighted by Gasteiger charge is 2.27. The summed E-state index contributed by atoms with van der Waals surface area (Å²) < 4.78 is 0. The third-order valence-corrected chi connectivity index (χ3v) is 4.58. The highest BCUT2D eigenvalue weighted by molar-refractivity contribution is 5.42. The Morgan fingerprint density at radius 1 is 0.565 bits per heavy atom. The molecular weight excluding hydrogens is 284 g/mol. The topological polar surface area (TPSA) is 40.5 Å². The number of aliphatic hydroxyl groups is 2. The largest absolute Gasteiger partial charge is 0.386 e. The van der Waals surface area contributed by atoms with Crippen LogP contribution >= 0.6 is 0 Å². The molecule has 0 radical (unpaired) electrons. The van der Waals surface area contributed by atoms with Gasteiger partial charge in [0.1, 0.15) is 0 Å². The fraction of sp³-hybridized carbons (Fsp3) is 0.429. The first-order valence-electron chi connectivity index (χ1n) is 8.09. The van der Waals surface area contributed by atoms with Crippen LogP contribution in [0.15, 0.2) is 48.5 Å². The summed E-state index contributed by atoms with van der Waals surface area (Å²) in [6, 6.07) is 16.2. The zero-order chi connectivity index (χ0) is 17.5. The minimum atomic E-state index is -0.860. The molecule has 2 aromatic carbocycles. The monoisotopic (exact) mass is 312 g/mol. The Morgan fingerprint density at radius 3 is 1.17 bits per heavy atom. The second kappa shape index (κ2) is 5.77. The van der Waals surface area contributed by atoms with Gasteiger partial charge in [-0.2, -0.15) is 0 Å². The van der Waals surface area contributed by atoms with Crippen molar-refractivity contribution in [3.8, 4) is 0 Å². The average Bonchev–Trinajstić information content (AvgIpc) is 2.46. The van der Waals surface area contributed by atoms with E-state index in [1.54, 1.807) is 27.7 Å². The molecule has 2 nitrogen and oxygen atoms in total. The van der Waals surface area contributed by atoms with E-state index in [-0.39, 0.29) is 5.41 Å². The molecule has 0 bridgehead atoms. The summed E-state index contributed by atoms with van der Waals surface area (Å²) in [5.41, 5.74) is 2.16. The van der Waals surface area contributed by atoms with Gasteiger partial charge in [0.25, 0.3) is 0 Å². The quantitative estimate of drug-likeness (QED) is 0.874. The fourth-order valence-electron chi connectivity index (χ4n) is 2.74. The molecule has 124 valence electrons. The van der Waals surface area contributed by atoms with Gasteiger partial charge < -0.3 is 10.2 Å². The van der Waals surface area contributed by atoms with E-state index < -0.39 is 11.2 Å². The van der Waals surface area contributed by atoms with Gasteiger partial charge in [-0.25, -0.2) is 0 Å². The van der Waals surface area contributed by atoms with E-state index in [4.69, 9.17) is 0 Å². The van der Waals surface area contributed by atoms with Crippen molar-refractivity contribution in [1.82, 2.24) is 0 Å². The normalized spacial score (nSPS) is 13.2. The predicted octanol–water partition coefficient (Wildman–Crippen LogP) is 4.47. The fourth-order valence-corrected chi connectivity index (χ4v) is 2.74. The van der Waals surface area contributed by atoms with Crippen LogP contribution in [0.25, 0.3) is 0 Å². The Bertz CT molecular complexity index is 626. The number of rotatable bonds is 4. The van der Waals surface area contributed by atoms with Crippen LogP contribution in [0.4, 0.5) is 0 Å². The molecule has 2 rings (SSSR count). The summed E-state index contributed by atoms with van der Waals surface area (Å²) in [4.78, 5) is 0. The summed E-state index contributed by atoms with van der Waals surface area (Å²) in [7, 11) is 0. The van der Waals surface area contributed by atoms with Gasteiger partial charge in [0.15, 0.2) is 0 Å². The van der Waals surface area contributed by atoms with Crippen molar-refractivity contribution < 1.29 is 10.2 Å². The van der Waals surface area contributed by atoms with E-state index in [2.05, 4.69) is 38.1 Å². The molecule has 2 N–H and O–H groups in total. The van der Waals surface area contributed by atoms with Crippen LogP contribution in [0.1, 0.15) is 63.8 Å². The summed E-state index contributed by atoms with van der Waals surface area (Å²) in [5.74, 6) is 0. The van der Waals surface area contributed by atoms with E-state index in [1.807, 2.05) is 24.3 Å². The highest BCUT2D eigenvalue weighted by Crippen LogP contribution is 2.35. The van der Waals surface area contributed by atoms with Crippen molar-refractivity contribution in [3.63, 3.8) is 0 Å². The van der Waals surface area contributed by atoms with E-state index in [9.17, 15) is 10.2 Å². The molecule has 0 atom stereocenters. The van der Waals surface area contributed by atoms with Crippen LogP contribution < -0.4 is 0 Å².